The van der Waals surface area contributed by atoms with Gasteiger partial charge in [-0.05, 0) is 18.3 Å². The van der Waals surface area contributed by atoms with E-state index in [1.54, 1.807) is 0 Å². The topological polar surface area (TPSA) is 35.8 Å². The molecule has 2 heteroatoms. The van der Waals surface area contributed by atoms with Crippen molar-refractivity contribution in [1.29, 1.82) is 5.26 Å². The molecule has 12 heavy (non-hydrogen) atoms. The van der Waals surface area contributed by atoms with E-state index >= 15 is 0 Å². The Morgan fingerprint density at radius 2 is 2.00 bits per heavy atom. The Bertz CT molecular complexity index is 163. The Labute approximate surface area is 75.0 Å². The molecule has 0 heterocycles. The van der Waals surface area contributed by atoms with Crippen molar-refractivity contribution in [2.45, 2.75) is 39.0 Å². The molecule has 68 valence electrons. The molecule has 0 amide bonds. The van der Waals surface area contributed by atoms with Crippen LogP contribution in [0, 0.1) is 16.7 Å². The van der Waals surface area contributed by atoms with E-state index in [1.165, 1.54) is 32.1 Å². The van der Waals surface area contributed by atoms with Crippen molar-refractivity contribution in [2.75, 3.05) is 13.1 Å². The summed E-state index contributed by atoms with van der Waals surface area (Å²) in [6.45, 7) is 3.84. The minimum absolute atomic E-state index is 0.467. The van der Waals surface area contributed by atoms with Crippen LogP contribution in [-0.4, -0.2) is 13.1 Å². The number of hydrogen-bond donors (Lipinski definition) is 1. The second-order valence-corrected chi connectivity index (χ2v) is 4.13. The van der Waals surface area contributed by atoms with E-state index in [9.17, 15) is 0 Å². The third-order valence-corrected chi connectivity index (χ3v) is 2.82. The highest BCUT2D eigenvalue weighted by Crippen LogP contribution is 2.34. The Kier molecular flexibility index (Phi) is 3.55. The minimum Gasteiger partial charge on any atom is -0.304 e. The molecular formula is C10H18N2. The lowest BCUT2D eigenvalue weighted by Gasteiger charge is -2.33. The summed E-state index contributed by atoms with van der Waals surface area (Å²) in [6, 6.07) is 2.11. The van der Waals surface area contributed by atoms with Gasteiger partial charge in [-0.2, -0.15) is 5.26 Å². The van der Waals surface area contributed by atoms with Gasteiger partial charge in [-0.1, -0.05) is 26.2 Å². The Morgan fingerprint density at radius 3 is 2.58 bits per heavy atom. The molecule has 0 spiro atoms. The van der Waals surface area contributed by atoms with Gasteiger partial charge in [-0.15, -0.1) is 0 Å². The number of nitrogens with one attached hydrogen (secondary N) is 1. The average Bonchev–Trinajstić information content (AvgIpc) is 2.06. The van der Waals surface area contributed by atoms with Crippen LogP contribution >= 0.6 is 0 Å². The average molecular weight is 166 g/mol. The first-order chi connectivity index (χ1) is 5.77. The van der Waals surface area contributed by atoms with Crippen molar-refractivity contribution in [1.82, 2.24) is 5.32 Å². The van der Waals surface area contributed by atoms with Crippen LogP contribution in [0.3, 0.4) is 0 Å². The van der Waals surface area contributed by atoms with Crippen molar-refractivity contribution in [3.63, 3.8) is 0 Å². The SMILES string of the molecule is CC1(CNCC#N)CCCCC1. The molecule has 0 saturated heterocycles. The summed E-state index contributed by atoms with van der Waals surface area (Å²) in [5.74, 6) is 0. The zero-order chi connectivity index (χ0) is 8.86. The van der Waals surface area contributed by atoms with Crippen LogP contribution in [0.1, 0.15) is 39.0 Å². The van der Waals surface area contributed by atoms with E-state index in [0.29, 0.717) is 12.0 Å². The first kappa shape index (κ1) is 9.54. The van der Waals surface area contributed by atoms with Crippen LogP contribution in [0.25, 0.3) is 0 Å². The molecule has 0 radical (unpaired) electrons. The van der Waals surface area contributed by atoms with Crippen molar-refractivity contribution in [3.8, 4) is 6.07 Å². The minimum atomic E-state index is 0.467. The molecular weight excluding hydrogens is 148 g/mol. The molecule has 0 aromatic heterocycles. The summed E-state index contributed by atoms with van der Waals surface area (Å²) in [5.41, 5.74) is 0.467. The highest BCUT2D eigenvalue weighted by Gasteiger charge is 2.25. The largest absolute Gasteiger partial charge is 0.304 e. The van der Waals surface area contributed by atoms with Gasteiger partial charge < -0.3 is 5.32 Å². The second kappa shape index (κ2) is 4.47. The lowest BCUT2D eigenvalue weighted by atomic mass is 9.76. The first-order valence-electron chi connectivity index (χ1n) is 4.84. The predicted molar refractivity (Wildman–Crippen MR) is 49.7 cm³/mol. The molecule has 1 N–H and O–H groups in total. The monoisotopic (exact) mass is 166 g/mol. The van der Waals surface area contributed by atoms with Crippen molar-refractivity contribution in [3.05, 3.63) is 0 Å². The number of hydrogen-bond acceptors (Lipinski definition) is 2. The summed E-state index contributed by atoms with van der Waals surface area (Å²) in [7, 11) is 0. The van der Waals surface area contributed by atoms with E-state index in [0.717, 1.165) is 6.54 Å². The molecule has 1 rings (SSSR count). The lowest BCUT2D eigenvalue weighted by Crippen LogP contribution is -2.33. The van der Waals surface area contributed by atoms with Gasteiger partial charge in [0.05, 0.1) is 12.6 Å². The Hall–Kier alpha value is -0.550. The Balaban J connectivity index is 2.23. The fourth-order valence-corrected chi connectivity index (χ4v) is 2.00. The third kappa shape index (κ3) is 2.83. The molecule has 1 aliphatic carbocycles. The van der Waals surface area contributed by atoms with Gasteiger partial charge in [0.25, 0.3) is 0 Å². The van der Waals surface area contributed by atoms with Crippen LogP contribution in [0.4, 0.5) is 0 Å². The fraction of sp³-hybridized carbons (Fsp3) is 0.900. The van der Waals surface area contributed by atoms with Gasteiger partial charge in [-0.25, -0.2) is 0 Å². The zero-order valence-corrected chi connectivity index (χ0v) is 7.90. The highest BCUT2D eigenvalue weighted by atomic mass is 14.9. The van der Waals surface area contributed by atoms with Crippen molar-refractivity contribution in [2.24, 2.45) is 5.41 Å². The first-order valence-corrected chi connectivity index (χ1v) is 4.84. The van der Waals surface area contributed by atoms with Crippen LogP contribution in [0.2, 0.25) is 0 Å². The number of nitriles is 1. The van der Waals surface area contributed by atoms with E-state index < -0.39 is 0 Å². The number of rotatable bonds is 3. The second-order valence-electron chi connectivity index (χ2n) is 4.13. The standard InChI is InChI=1S/C10H18N2/c1-10(9-12-8-7-11)5-3-2-4-6-10/h12H,2-6,8-9H2,1H3. The van der Waals surface area contributed by atoms with Gasteiger partial charge in [0.15, 0.2) is 0 Å². The quantitative estimate of drug-likeness (QED) is 0.514. The van der Waals surface area contributed by atoms with Crippen molar-refractivity contribution >= 4 is 0 Å². The summed E-state index contributed by atoms with van der Waals surface area (Å²) in [6.07, 6.45) is 6.78. The van der Waals surface area contributed by atoms with Gasteiger partial charge in [-0.3, -0.25) is 0 Å². The molecule has 0 aliphatic heterocycles. The molecule has 0 bridgehead atoms. The maximum Gasteiger partial charge on any atom is 0.0841 e. The van der Waals surface area contributed by atoms with E-state index in [2.05, 4.69) is 18.3 Å². The van der Waals surface area contributed by atoms with E-state index in [4.69, 9.17) is 5.26 Å². The van der Waals surface area contributed by atoms with Gasteiger partial charge >= 0.3 is 0 Å². The maximum absolute atomic E-state index is 8.37. The molecule has 0 aromatic rings. The molecule has 0 unspecified atom stereocenters. The normalized spacial score (nSPS) is 21.7. The van der Waals surface area contributed by atoms with Crippen LogP contribution in [0.15, 0.2) is 0 Å². The van der Waals surface area contributed by atoms with Gasteiger partial charge in [0.2, 0.25) is 0 Å². The Morgan fingerprint density at radius 1 is 1.33 bits per heavy atom. The molecule has 1 saturated carbocycles. The maximum atomic E-state index is 8.37. The van der Waals surface area contributed by atoms with Gasteiger partial charge in [0, 0.05) is 6.54 Å². The van der Waals surface area contributed by atoms with Crippen LogP contribution in [0.5, 0.6) is 0 Å². The smallest absolute Gasteiger partial charge is 0.0841 e. The zero-order valence-electron chi connectivity index (χ0n) is 7.90. The summed E-state index contributed by atoms with van der Waals surface area (Å²) < 4.78 is 0. The van der Waals surface area contributed by atoms with E-state index in [-0.39, 0.29) is 0 Å². The van der Waals surface area contributed by atoms with Gasteiger partial charge in [0.1, 0.15) is 0 Å². The summed E-state index contributed by atoms with van der Waals surface area (Å²) in [4.78, 5) is 0. The number of nitrogens with zero attached hydrogens (tertiary/aromatic N) is 1. The third-order valence-electron chi connectivity index (χ3n) is 2.82. The molecule has 1 aliphatic rings. The molecule has 0 atom stereocenters. The lowest BCUT2D eigenvalue weighted by molar-refractivity contribution is 0.211. The molecule has 1 fully saturated rings. The van der Waals surface area contributed by atoms with E-state index in [1.807, 2.05) is 0 Å². The van der Waals surface area contributed by atoms with Crippen molar-refractivity contribution < 1.29 is 0 Å². The highest BCUT2D eigenvalue weighted by molar-refractivity contribution is 4.83. The van der Waals surface area contributed by atoms with Crippen LogP contribution < -0.4 is 5.32 Å². The van der Waals surface area contributed by atoms with Crippen LogP contribution in [-0.2, 0) is 0 Å². The molecule has 2 nitrogen and oxygen atoms in total. The summed E-state index contributed by atoms with van der Waals surface area (Å²) in [5, 5.41) is 11.6. The predicted octanol–water partition coefficient (Wildman–Crippen LogP) is 2.07. The molecule has 0 aromatic carbocycles. The summed E-state index contributed by atoms with van der Waals surface area (Å²) >= 11 is 0. The fourth-order valence-electron chi connectivity index (χ4n) is 2.00.